The molecular weight excluding hydrogens is 365 g/mol. The van der Waals surface area contributed by atoms with Crippen molar-refractivity contribution in [2.24, 2.45) is 0 Å². The Bertz CT molecular complexity index is 965. The molecule has 1 aromatic heterocycles. The zero-order valence-corrected chi connectivity index (χ0v) is 15.7. The number of aromatic nitrogens is 1. The Hall–Kier alpha value is -2.51. The van der Waals surface area contributed by atoms with Crippen LogP contribution in [0.3, 0.4) is 0 Å². The lowest BCUT2D eigenvalue weighted by Crippen LogP contribution is -2.26. The maximum absolute atomic E-state index is 13.1. The lowest BCUT2D eigenvalue weighted by Gasteiger charge is -2.23. The number of amides is 1. The number of ether oxygens (including phenoxy) is 1. The predicted octanol–water partition coefficient (Wildman–Crippen LogP) is 4.16. The van der Waals surface area contributed by atoms with E-state index < -0.39 is 0 Å². The summed E-state index contributed by atoms with van der Waals surface area (Å²) in [5.41, 5.74) is 2.42. The van der Waals surface area contributed by atoms with E-state index in [1.165, 1.54) is 41.2 Å². The summed E-state index contributed by atoms with van der Waals surface area (Å²) in [4.78, 5) is 17.0. The van der Waals surface area contributed by atoms with Crippen LogP contribution in [-0.2, 0) is 0 Å². The second kappa shape index (κ2) is 7.62. The topological polar surface area (TPSA) is 63.2 Å². The van der Waals surface area contributed by atoms with E-state index in [2.05, 4.69) is 21.7 Å². The van der Waals surface area contributed by atoms with Gasteiger partial charge in [-0.2, -0.15) is 0 Å². The Morgan fingerprint density at radius 2 is 1.96 bits per heavy atom. The third-order valence-corrected chi connectivity index (χ3v) is 5.88. The molecule has 2 N–H and O–H groups in total. The Balaban J connectivity index is 1.67. The molecule has 1 fully saturated rings. The predicted molar refractivity (Wildman–Crippen MR) is 105 cm³/mol. The maximum atomic E-state index is 13.1. The van der Waals surface area contributed by atoms with Gasteiger partial charge in [-0.1, -0.05) is 17.4 Å². The molecule has 2 aromatic carbocycles. The number of carbonyl (C=O) groups excluding carboxylic acids is 1. The van der Waals surface area contributed by atoms with Crippen molar-refractivity contribution in [3.63, 3.8) is 0 Å². The largest absolute Gasteiger partial charge is 0.494 e. The van der Waals surface area contributed by atoms with Crippen molar-refractivity contribution < 1.29 is 13.9 Å². The molecule has 7 heteroatoms. The first kappa shape index (κ1) is 17.9. The number of piperidine rings is 1. The van der Waals surface area contributed by atoms with Crippen LogP contribution in [0.2, 0.25) is 0 Å². The van der Waals surface area contributed by atoms with E-state index in [1.54, 1.807) is 7.11 Å². The molecule has 0 saturated carbocycles. The molecule has 1 amide bonds. The van der Waals surface area contributed by atoms with Crippen molar-refractivity contribution in [1.82, 2.24) is 10.3 Å². The quantitative estimate of drug-likeness (QED) is 0.708. The number of nitrogens with zero attached hydrogens (tertiary/aromatic N) is 1. The van der Waals surface area contributed by atoms with Gasteiger partial charge in [-0.25, -0.2) is 9.37 Å². The van der Waals surface area contributed by atoms with Gasteiger partial charge in [0.1, 0.15) is 17.1 Å². The van der Waals surface area contributed by atoms with Gasteiger partial charge in [-0.15, -0.1) is 0 Å². The van der Waals surface area contributed by atoms with E-state index in [1.807, 2.05) is 6.07 Å². The number of nitrogens with one attached hydrogen (secondary N) is 2. The van der Waals surface area contributed by atoms with Crippen LogP contribution in [0.25, 0.3) is 10.2 Å². The molecule has 1 aliphatic heterocycles. The number of anilines is 1. The summed E-state index contributed by atoms with van der Waals surface area (Å²) in [6.45, 7) is 2.01. The van der Waals surface area contributed by atoms with Crippen LogP contribution in [0.4, 0.5) is 9.52 Å². The lowest BCUT2D eigenvalue weighted by atomic mass is 9.90. The molecule has 0 spiro atoms. The molecule has 4 rings (SSSR count). The van der Waals surface area contributed by atoms with E-state index in [-0.39, 0.29) is 11.7 Å². The van der Waals surface area contributed by atoms with Crippen LogP contribution in [0.15, 0.2) is 36.4 Å². The molecule has 0 atom stereocenters. The first-order chi connectivity index (χ1) is 13.2. The molecule has 5 nitrogen and oxygen atoms in total. The van der Waals surface area contributed by atoms with Crippen LogP contribution in [-0.4, -0.2) is 31.1 Å². The summed E-state index contributed by atoms with van der Waals surface area (Å²) in [6, 6.07) is 9.51. The zero-order chi connectivity index (χ0) is 18.8. The molecule has 0 aliphatic carbocycles. The Morgan fingerprint density at radius 1 is 1.22 bits per heavy atom. The smallest absolute Gasteiger partial charge is 0.257 e. The summed E-state index contributed by atoms with van der Waals surface area (Å²) < 4.78 is 19.6. The highest BCUT2D eigenvalue weighted by Crippen LogP contribution is 2.40. The zero-order valence-electron chi connectivity index (χ0n) is 14.9. The molecule has 27 heavy (non-hydrogen) atoms. The number of hydrogen-bond donors (Lipinski definition) is 2. The third kappa shape index (κ3) is 3.65. The van der Waals surface area contributed by atoms with Crippen LogP contribution >= 0.6 is 11.3 Å². The SMILES string of the molecule is COc1ccc(C2CCNCC2)c2sc(NC(=O)c3ccc(F)cc3)nc12. The number of hydrogen-bond acceptors (Lipinski definition) is 5. The fourth-order valence-corrected chi connectivity index (χ4v) is 4.52. The number of fused-ring (bicyclic) bond motifs is 1. The van der Waals surface area contributed by atoms with Crippen LogP contribution in [0, 0.1) is 5.82 Å². The summed E-state index contributed by atoms with van der Waals surface area (Å²) in [5.74, 6) is 0.487. The Kier molecular flexibility index (Phi) is 5.05. The fourth-order valence-electron chi connectivity index (χ4n) is 3.45. The summed E-state index contributed by atoms with van der Waals surface area (Å²) in [7, 11) is 1.62. The minimum atomic E-state index is -0.372. The average molecular weight is 385 g/mol. The molecule has 0 bridgehead atoms. The second-order valence-corrected chi connectivity index (χ2v) is 7.54. The highest BCUT2D eigenvalue weighted by molar-refractivity contribution is 7.22. The first-order valence-corrected chi connectivity index (χ1v) is 9.72. The van der Waals surface area contributed by atoms with Gasteiger partial charge in [0.15, 0.2) is 5.13 Å². The Labute approximate surface area is 160 Å². The standard InChI is InChI=1S/C20H20FN3O2S/c1-26-16-7-6-15(12-8-10-22-11-9-12)18-17(16)23-20(27-18)24-19(25)13-2-4-14(21)5-3-13/h2-7,12,22H,8-11H2,1H3,(H,23,24,25). The number of carbonyl (C=O) groups is 1. The van der Waals surface area contributed by atoms with Gasteiger partial charge in [-0.05, 0) is 67.7 Å². The number of thiazole rings is 1. The molecule has 0 unspecified atom stereocenters. The van der Waals surface area contributed by atoms with Crippen molar-refractivity contribution in [3.8, 4) is 5.75 Å². The van der Waals surface area contributed by atoms with Gasteiger partial charge in [0, 0.05) is 5.56 Å². The van der Waals surface area contributed by atoms with E-state index in [4.69, 9.17) is 4.74 Å². The van der Waals surface area contributed by atoms with Crippen molar-refractivity contribution in [1.29, 1.82) is 0 Å². The van der Waals surface area contributed by atoms with E-state index in [0.717, 1.165) is 36.1 Å². The van der Waals surface area contributed by atoms with Crippen molar-refractivity contribution in [2.75, 3.05) is 25.5 Å². The second-order valence-electron chi connectivity index (χ2n) is 6.54. The molecule has 3 aromatic rings. The van der Waals surface area contributed by atoms with Gasteiger partial charge < -0.3 is 10.1 Å². The monoisotopic (exact) mass is 385 g/mol. The van der Waals surface area contributed by atoms with Gasteiger partial charge in [0.05, 0.1) is 11.8 Å². The molecular formula is C20H20FN3O2S. The number of halogens is 1. The van der Waals surface area contributed by atoms with Crippen LogP contribution < -0.4 is 15.4 Å². The minimum absolute atomic E-state index is 0.309. The number of benzene rings is 2. The molecule has 0 radical (unpaired) electrons. The average Bonchev–Trinajstić information content (AvgIpc) is 3.11. The van der Waals surface area contributed by atoms with Gasteiger partial charge in [0.25, 0.3) is 5.91 Å². The number of rotatable bonds is 4. The summed E-state index contributed by atoms with van der Waals surface area (Å²) in [6.07, 6.45) is 2.16. The maximum Gasteiger partial charge on any atom is 0.257 e. The van der Waals surface area contributed by atoms with Crippen LogP contribution in [0.5, 0.6) is 5.75 Å². The molecule has 2 heterocycles. The molecule has 140 valence electrons. The highest BCUT2D eigenvalue weighted by atomic mass is 32.1. The number of methoxy groups -OCH3 is 1. The van der Waals surface area contributed by atoms with Gasteiger partial charge in [-0.3, -0.25) is 10.1 Å². The molecule has 1 aliphatic rings. The summed E-state index contributed by atoms with van der Waals surface area (Å²) >= 11 is 1.46. The minimum Gasteiger partial charge on any atom is -0.494 e. The highest BCUT2D eigenvalue weighted by Gasteiger charge is 2.22. The van der Waals surface area contributed by atoms with Crippen molar-refractivity contribution in [2.45, 2.75) is 18.8 Å². The van der Waals surface area contributed by atoms with E-state index in [9.17, 15) is 9.18 Å². The molecule has 1 saturated heterocycles. The summed E-state index contributed by atoms with van der Waals surface area (Å²) in [5, 5.41) is 6.73. The van der Waals surface area contributed by atoms with Gasteiger partial charge >= 0.3 is 0 Å². The normalized spacial score (nSPS) is 15.0. The van der Waals surface area contributed by atoms with Crippen LogP contribution in [0.1, 0.15) is 34.7 Å². The van der Waals surface area contributed by atoms with Gasteiger partial charge in [0.2, 0.25) is 0 Å². The van der Waals surface area contributed by atoms with Crippen molar-refractivity contribution in [3.05, 3.63) is 53.3 Å². The fraction of sp³-hybridized carbons (Fsp3) is 0.300. The Morgan fingerprint density at radius 3 is 2.67 bits per heavy atom. The van der Waals surface area contributed by atoms with Crippen molar-refractivity contribution >= 4 is 32.6 Å². The lowest BCUT2D eigenvalue weighted by molar-refractivity contribution is 0.102. The van der Waals surface area contributed by atoms with E-state index in [0.29, 0.717) is 22.4 Å². The first-order valence-electron chi connectivity index (χ1n) is 8.91. The van der Waals surface area contributed by atoms with E-state index >= 15 is 0 Å². The third-order valence-electron chi connectivity index (χ3n) is 4.86.